The monoisotopic (exact) mass is 321 g/mol. The van der Waals surface area contributed by atoms with E-state index < -0.39 is 4.92 Å². The molecule has 0 atom stereocenters. The molecule has 124 valence electrons. The summed E-state index contributed by atoms with van der Waals surface area (Å²) in [7, 11) is 2.10. The second-order valence-corrected chi connectivity index (χ2v) is 5.65. The van der Waals surface area contributed by atoms with E-state index in [0.29, 0.717) is 5.56 Å². The molecular formula is C15H21N4O4+. The lowest BCUT2D eigenvalue weighted by atomic mass is 10.2. The number of benzene rings is 1. The Balaban J connectivity index is 1.76. The van der Waals surface area contributed by atoms with Crippen LogP contribution >= 0.6 is 0 Å². The Morgan fingerprint density at radius 2 is 1.87 bits per heavy atom. The van der Waals surface area contributed by atoms with Crippen molar-refractivity contribution in [2.45, 2.75) is 6.42 Å². The van der Waals surface area contributed by atoms with Crippen LogP contribution in [0.2, 0.25) is 0 Å². The van der Waals surface area contributed by atoms with Gasteiger partial charge >= 0.3 is 0 Å². The minimum atomic E-state index is -0.516. The van der Waals surface area contributed by atoms with E-state index in [4.69, 9.17) is 0 Å². The number of nitrogens with zero attached hydrogens (tertiary/aromatic N) is 2. The maximum absolute atomic E-state index is 12.0. The van der Waals surface area contributed by atoms with Crippen molar-refractivity contribution in [3.8, 4) is 0 Å². The van der Waals surface area contributed by atoms with Crippen LogP contribution in [0.25, 0.3) is 0 Å². The molecule has 1 aromatic carbocycles. The van der Waals surface area contributed by atoms with Crippen molar-refractivity contribution >= 4 is 17.5 Å². The number of non-ortho nitro benzene ring substituents is 1. The molecule has 1 aliphatic heterocycles. The van der Waals surface area contributed by atoms with Gasteiger partial charge in [-0.3, -0.25) is 19.7 Å². The van der Waals surface area contributed by atoms with Crippen molar-refractivity contribution in [1.29, 1.82) is 0 Å². The van der Waals surface area contributed by atoms with Crippen LogP contribution in [0.1, 0.15) is 16.8 Å². The van der Waals surface area contributed by atoms with Crippen LogP contribution in [-0.4, -0.2) is 61.4 Å². The predicted octanol–water partition coefficient (Wildman–Crippen LogP) is -0.928. The smallest absolute Gasteiger partial charge is 0.269 e. The zero-order chi connectivity index (χ0) is 16.8. The van der Waals surface area contributed by atoms with E-state index in [1.54, 1.807) is 0 Å². The van der Waals surface area contributed by atoms with Crippen LogP contribution in [0.3, 0.4) is 0 Å². The summed E-state index contributed by atoms with van der Waals surface area (Å²) < 4.78 is 0. The quantitative estimate of drug-likeness (QED) is 0.541. The Hall–Kier alpha value is -2.48. The number of hydrogen-bond acceptors (Lipinski definition) is 4. The van der Waals surface area contributed by atoms with Gasteiger partial charge in [0.25, 0.3) is 11.6 Å². The lowest BCUT2D eigenvalue weighted by Gasteiger charge is -2.30. The highest BCUT2D eigenvalue weighted by Gasteiger charge is 2.21. The molecule has 23 heavy (non-hydrogen) atoms. The lowest BCUT2D eigenvalue weighted by molar-refractivity contribution is -0.883. The topological polar surface area (TPSA) is 97.0 Å². The van der Waals surface area contributed by atoms with Gasteiger partial charge in [0.15, 0.2) is 0 Å². The second kappa shape index (κ2) is 7.68. The molecule has 1 heterocycles. The summed E-state index contributed by atoms with van der Waals surface area (Å²) in [6, 6.07) is 5.37. The summed E-state index contributed by atoms with van der Waals surface area (Å²) in [6.07, 6.45) is 0.262. The Morgan fingerprint density at radius 3 is 2.43 bits per heavy atom. The Morgan fingerprint density at radius 1 is 1.26 bits per heavy atom. The summed E-state index contributed by atoms with van der Waals surface area (Å²) in [5, 5.41) is 13.2. The molecule has 2 rings (SSSR count). The summed E-state index contributed by atoms with van der Waals surface area (Å²) in [5.74, 6) is -0.294. The number of nitro benzene ring substituents is 1. The van der Waals surface area contributed by atoms with Crippen molar-refractivity contribution in [3.05, 3.63) is 39.9 Å². The van der Waals surface area contributed by atoms with Gasteiger partial charge in [0, 0.05) is 30.7 Å². The molecule has 1 saturated heterocycles. The SMILES string of the molecule is C[NH+]1CCN(C(=O)CCNC(=O)c2ccc([N+](=O)[O-])cc2)CC1. The van der Waals surface area contributed by atoms with E-state index in [2.05, 4.69) is 12.4 Å². The van der Waals surface area contributed by atoms with Crippen LogP contribution in [0.15, 0.2) is 24.3 Å². The normalized spacial score (nSPS) is 15.3. The molecule has 0 radical (unpaired) electrons. The maximum atomic E-state index is 12.0. The third-order valence-corrected chi connectivity index (χ3v) is 3.93. The van der Waals surface area contributed by atoms with Crippen molar-refractivity contribution < 1.29 is 19.4 Å². The molecule has 0 saturated carbocycles. The molecular weight excluding hydrogens is 300 g/mol. The molecule has 0 spiro atoms. The number of quaternary nitrogens is 1. The Kier molecular flexibility index (Phi) is 5.64. The van der Waals surface area contributed by atoms with E-state index in [0.717, 1.165) is 26.2 Å². The number of nitrogens with one attached hydrogen (secondary N) is 2. The average Bonchev–Trinajstić information content (AvgIpc) is 2.55. The fraction of sp³-hybridized carbons (Fsp3) is 0.467. The number of amides is 2. The number of rotatable bonds is 5. The van der Waals surface area contributed by atoms with Gasteiger partial charge in [-0.15, -0.1) is 0 Å². The van der Waals surface area contributed by atoms with Crippen molar-refractivity contribution in [1.82, 2.24) is 10.2 Å². The van der Waals surface area contributed by atoms with Crippen LogP contribution < -0.4 is 10.2 Å². The van der Waals surface area contributed by atoms with Crippen LogP contribution in [0.4, 0.5) is 5.69 Å². The van der Waals surface area contributed by atoms with Gasteiger partial charge in [-0.05, 0) is 12.1 Å². The highest BCUT2D eigenvalue weighted by molar-refractivity contribution is 5.94. The van der Waals surface area contributed by atoms with Gasteiger partial charge in [-0.2, -0.15) is 0 Å². The maximum Gasteiger partial charge on any atom is 0.269 e. The number of nitro groups is 1. The first kappa shape index (κ1) is 16.9. The highest BCUT2D eigenvalue weighted by atomic mass is 16.6. The number of piperazine rings is 1. The Bertz CT molecular complexity index is 580. The molecule has 0 aromatic heterocycles. The number of carbonyl (C=O) groups excluding carboxylic acids is 2. The fourth-order valence-electron chi connectivity index (χ4n) is 2.42. The molecule has 2 N–H and O–H groups in total. The second-order valence-electron chi connectivity index (χ2n) is 5.65. The molecule has 1 aliphatic rings. The molecule has 8 heteroatoms. The van der Waals surface area contributed by atoms with Crippen molar-refractivity contribution in [3.63, 3.8) is 0 Å². The zero-order valence-electron chi connectivity index (χ0n) is 13.1. The van der Waals surface area contributed by atoms with E-state index in [1.165, 1.54) is 29.2 Å². The van der Waals surface area contributed by atoms with Crippen LogP contribution in [-0.2, 0) is 4.79 Å². The molecule has 1 fully saturated rings. The third kappa shape index (κ3) is 4.75. The van der Waals surface area contributed by atoms with E-state index in [1.807, 2.05) is 4.90 Å². The minimum absolute atomic E-state index is 0.0431. The highest BCUT2D eigenvalue weighted by Crippen LogP contribution is 2.11. The van der Waals surface area contributed by atoms with E-state index >= 15 is 0 Å². The van der Waals surface area contributed by atoms with Crippen LogP contribution in [0.5, 0.6) is 0 Å². The fourth-order valence-corrected chi connectivity index (χ4v) is 2.42. The molecule has 0 aliphatic carbocycles. The standard InChI is InChI=1S/C15H20N4O4/c1-17-8-10-18(11-9-17)14(20)6-7-16-15(21)12-2-4-13(5-3-12)19(22)23/h2-5H,6-11H2,1H3,(H,16,21)/p+1. The summed E-state index contributed by atoms with van der Waals surface area (Å²) in [5.41, 5.74) is 0.278. The van der Waals surface area contributed by atoms with Gasteiger partial charge in [0.05, 0.1) is 38.2 Å². The van der Waals surface area contributed by atoms with Gasteiger partial charge in [-0.25, -0.2) is 0 Å². The Labute approximate surface area is 134 Å². The number of likely N-dealkylation sites (N-methyl/N-ethyl adjacent to an activating group) is 1. The average molecular weight is 321 g/mol. The predicted molar refractivity (Wildman–Crippen MR) is 83.2 cm³/mol. The first-order valence-corrected chi connectivity index (χ1v) is 7.59. The van der Waals surface area contributed by atoms with E-state index in [-0.39, 0.29) is 30.5 Å². The lowest BCUT2D eigenvalue weighted by Crippen LogP contribution is -3.12. The molecule has 0 unspecified atom stereocenters. The van der Waals surface area contributed by atoms with Crippen molar-refractivity contribution in [2.75, 3.05) is 39.8 Å². The van der Waals surface area contributed by atoms with Gasteiger partial charge < -0.3 is 15.1 Å². The van der Waals surface area contributed by atoms with Gasteiger partial charge in [0.2, 0.25) is 5.91 Å². The summed E-state index contributed by atoms with van der Waals surface area (Å²) in [6.45, 7) is 3.65. The number of hydrogen-bond donors (Lipinski definition) is 2. The van der Waals surface area contributed by atoms with Gasteiger partial charge in [0.1, 0.15) is 0 Å². The minimum Gasteiger partial charge on any atom is -0.352 e. The first-order valence-electron chi connectivity index (χ1n) is 7.59. The van der Waals surface area contributed by atoms with E-state index in [9.17, 15) is 19.7 Å². The molecule has 8 nitrogen and oxygen atoms in total. The summed E-state index contributed by atoms with van der Waals surface area (Å²) >= 11 is 0. The number of carbonyl (C=O) groups is 2. The first-order chi connectivity index (χ1) is 11.0. The van der Waals surface area contributed by atoms with Gasteiger partial charge in [-0.1, -0.05) is 0 Å². The summed E-state index contributed by atoms with van der Waals surface area (Å²) in [4.78, 5) is 37.2. The molecule has 0 bridgehead atoms. The van der Waals surface area contributed by atoms with Crippen LogP contribution in [0, 0.1) is 10.1 Å². The largest absolute Gasteiger partial charge is 0.352 e. The molecule has 2 amide bonds. The van der Waals surface area contributed by atoms with Crippen molar-refractivity contribution in [2.24, 2.45) is 0 Å². The molecule has 1 aromatic rings. The zero-order valence-corrected chi connectivity index (χ0v) is 13.1. The third-order valence-electron chi connectivity index (χ3n) is 3.93.